The van der Waals surface area contributed by atoms with Gasteiger partial charge < -0.3 is 5.32 Å². The van der Waals surface area contributed by atoms with Gasteiger partial charge in [0.2, 0.25) is 5.91 Å². The Morgan fingerprint density at radius 1 is 1.14 bits per heavy atom. The maximum absolute atomic E-state index is 12.0. The topological polar surface area (TPSA) is 59.1 Å². The maximum Gasteiger partial charge on any atom is 0.220 e. The third-order valence-corrected chi connectivity index (χ3v) is 4.35. The highest BCUT2D eigenvalue weighted by Gasteiger charge is 2.05. The molecule has 0 radical (unpaired) electrons. The van der Waals surface area contributed by atoms with Crippen LogP contribution in [0.4, 0.5) is 0 Å². The Kier molecular flexibility index (Phi) is 6.09. The van der Waals surface area contributed by atoms with Crippen LogP contribution < -0.4 is 5.32 Å². The number of carbonyl (C=O) groups is 1. The lowest BCUT2D eigenvalue weighted by molar-refractivity contribution is -0.120. The summed E-state index contributed by atoms with van der Waals surface area (Å²) in [5.41, 5.74) is 1.04. The number of hydrogen-bond donors (Lipinski definition) is 1. The summed E-state index contributed by atoms with van der Waals surface area (Å²) < 4.78 is 12.0. The average Bonchev–Trinajstić information content (AvgIpc) is 2.54. The van der Waals surface area contributed by atoms with Gasteiger partial charge in [-0.05, 0) is 30.2 Å². The van der Waals surface area contributed by atoms with Crippen LogP contribution >= 0.6 is 0 Å². The summed E-state index contributed by atoms with van der Waals surface area (Å²) in [6.07, 6.45) is 4.56. The van der Waals surface area contributed by atoms with E-state index in [4.69, 9.17) is 0 Å². The Morgan fingerprint density at radius 3 is 2.67 bits per heavy atom. The van der Waals surface area contributed by atoms with E-state index in [0.29, 0.717) is 25.1 Å². The van der Waals surface area contributed by atoms with Gasteiger partial charge in [-0.15, -0.1) is 0 Å². The zero-order valence-corrected chi connectivity index (χ0v) is 12.5. The Labute approximate surface area is 127 Å². The number of aryl methyl sites for hydroxylation is 1. The molecule has 1 heterocycles. The molecule has 0 aliphatic heterocycles. The van der Waals surface area contributed by atoms with Crippen molar-refractivity contribution in [3.8, 4) is 0 Å². The standard InChI is InChI=1S/C16H18N2O2S/c19-16(9-8-14-5-4-10-17-13-14)18-11-12-21(20)15-6-2-1-3-7-15/h1-7,10,13H,8-9,11-12H2,(H,18,19)/t21-/m0/s1. The molecule has 0 unspecified atom stereocenters. The molecule has 0 bridgehead atoms. The minimum atomic E-state index is -1.06. The molecule has 1 aromatic carbocycles. The second-order valence-corrected chi connectivity index (χ2v) is 6.14. The summed E-state index contributed by atoms with van der Waals surface area (Å²) >= 11 is 0. The molecular weight excluding hydrogens is 284 g/mol. The summed E-state index contributed by atoms with van der Waals surface area (Å²) in [5, 5.41) is 2.80. The van der Waals surface area contributed by atoms with Crippen molar-refractivity contribution in [2.24, 2.45) is 0 Å². The van der Waals surface area contributed by atoms with Gasteiger partial charge in [-0.25, -0.2) is 0 Å². The maximum atomic E-state index is 12.0. The van der Waals surface area contributed by atoms with Gasteiger partial charge in [0.25, 0.3) is 0 Å². The summed E-state index contributed by atoms with van der Waals surface area (Å²) in [5.74, 6) is 0.409. The van der Waals surface area contributed by atoms with Crippen LogP contribution in [0, 0.1) is 0 Å². The van der Waals surface area contributed by atoms with Crippen molar-refractivity contribution in [2.75, 3.05) is 12.3 Å². The van der Waals surface area contributed by atoms with Crippen molar-refractivity contribution in [2.45, 2.75) is 17.7 Å². The molecule has 2 aromatic rings. The van der Waals surface area contributed by atoms with Gasteiger partial charge in [-0.1, -0.05) is 24.3 Å². The Hall–Kier alpha value is -2.01. The Balaban J connectivity index is 1.66. The van der Waals surface area contributed by atoms with Gasteiger partial charge >= 0.3 is 0 Å². The number of nitrogens with zero attached hydrogens (tertiary/aromatic N) is 1. The number of pyridine rings is 1. The molecule has 2 rings (SSSR count). The van der Waals surface area contributed by atoms with E-state index in [1.165, 1.54) is 0 Å². The molecule has 1 N–H and O–H groups in total. The van der Waals surface area contributed by atoms with Crippen molar-refractivity contribution in [1.82, 2.24) is 10.3 Å². The fourth-order valence-corrected chi connectivity index (χ4v) is 2.85. The van der Waals surface area contributed by atoms with Crippen molar-refractivity contribution < 1.29 is 9.00 Å². The highest BCUT2D eigenvalue weighted by atomic mass is 32.2. The highest BCUT2D eigenvalue weighted by molar-refractivity contribution is 7.85. The first kappa shape index (κ1) is 15.4. The first-order valence-corrected chi connectivity index (χ1v) is 8.16. The molecule has 21 heavy (non-hydrogen) atoms. The quantitative estimate of drug-likeness (QED) is 0.850. The van der Waals surface area contributed by atoms with Crippen LogP contribution in [0.2, 0.25) is 0 Å². The van der Waals surface area contributed by atoms with Crippen LogP contribution in [-0.4, -0.2) is 27.4 Å². The predicted octanol–water partition coefficient (Wildman–Crippen LogP) is 1.94. The molecule has 1 amide bonds. The molecule has 0 aliphatic rings. The van der Waals surface area contributed by atoms with E-state index in [1.807, 2.05) is 42.5 Å². The summed E-state index contributed by atoms with van der Waals surface area (Å²) in [4.78, 5) is 16.5. The normalized spacial score (nSPS) is 11.8. The second kappa shape index (κ2) is 8.32. The fourth-order valence-electron chi connectivity index (χ4n) is 1.87. The Bertz CT molecular complexity index is 588. The van der Waals surface area contributed by atoms with Crippen molar-refractivity contribution >= 4 is 16.7 Å². The van der Waals surface area contributed by atoms with E-state index in [1.54, 1.807) is 12.4 Å². The third-order valence-electron chi connectivity index (χ3n) is 2.98. The largest absolute Gasteiger partial charge is 0.355 e. The number of hydrogen-bond acceptors (Lipinski definition) is 3. The monoisotopic (exact) mass is 302 g/mol. The molecule has 0 spiro atoms. The number of nitrogens with one attached hydrogen (secondary N) is 1. The second-order valence-electron chi connectivity index (χ2n) is 4.57. The molecule has 0 saturated carbocycles. The van der Waals surface area contributed by atoms with Gasteiger partial charge in [0.1, 0.15) is 0 Å². The lowest BCUT2D eigenvalue weighted by Gasteiger charge is -2.05. The number of aromatic nitrogens is 1. The zero-order chi connectivity index (χ0) is 14.9. The third kappa shape index (κ3) is 5.47. The van der Waals surface area contributed by atoms with Crippen LogP contribution in [0.25, 0.3) is 0 Å². The van der Waals surface area contributed by atoms with Gasteiger partial charge in [-0.2, -0.15) is 0 Å². The van der Waals surface area contributed by atoms with Crippen molar-refractivity contribution in [1.29, 1.82) is 0 Å². The highest BCUT2D eigenvalue weighted by Crippen LogP contribution is 2.05. The van der Waals surface area contributed by atoms with E-state index >= 15 is 0 Å². The first-order valence-electron chi connectivity index (χ1n) is 6.85. The van der Waals surface area contributed by atoms with E-state index in [-0.39, 0.29) is 5.91 Å². The van der Waals surface area contributed by atoms with E-state index in [2.05, 4.69) is 10.3 Å². The molecule has 4 nitrogen and oxygen atoms in total. The molecule has 5 heteroatoms. The molecule has 0 saturated heterocycles. The SMILES string of the molecule is O=C(CCc1cccnc1)NCC[S@](=O)c1ccccc1. The number of amides is 1. The van der Waals surface area contributed by atoms with Crippen LogP contribution in [-0.2, 0) is 22.0 Å². The van der Waals surface area contributed by atoms with E-state index < -0.39 is 10.8 Å². The lowest BCUT2D eigenvalue weighted by Crippen LogP contribution is -2.27. The van der Waals surface area contributed by atoms with E-state index in [9.17, 15) is 9.00 Å². The first-order chi connectivity index (χ1) is 10.3. The van der Waals surface area contributed by atoms with Crippen LogP contribution in [0.3, 0.4) is 0 Å². The molecule has 1 atom stereocenters. The van der Waals surface area contributed by atoms with Crippen molar-refractivity contribution in [3.63, 3.8) is 0 Å². The predicted molar refractivity (Wildman–Crippen MR) is 83.3 cm³/mol. The summed E-state index contributed by atoms with van der Waals surface area (Å²) in [7, 11) is -1.06. The number of rotatable bonds is 7. The molecule has 0 fully saturated rings. The van der Waals surface area contributed by atoms with Gasteiger partial charge in [0.15, 0.2) is 0 Å². The molecule has 0 aliphatic carbocycles. The molecule has 1 aromatic heterocycles. The molecular formula is C16H18N2O2S. The number of carbonyl (C=O) groups excluding carboxylic acids is 1. The fraction of sp³-hybridized carbons (Fsp3) is 0.250. The van der Waals surface area contributed by atoms with Crippen molar-refractivity contribution in [3.05, 3.63) is 60.4 Å². The van der Waals surface area contributed by atoms with Gasteiger partial charge in [0.05, 0.1) is 10.8 Å². The summed E-state index contributed by atoms with van der Waals surface area (Å²) in [6.45, 7) is 0.424. The van der Waals surface area contributed by atoms with Crippen LogP contribution in [0.15, 0.2) is 59.8 Å². The summed E-state index contributed by atoms with van der Waals surface area (Å²) in [6, 6.07) is 13.1. The zero-order valence-electron chi connectivity index (χ0n) is 11.7. The van der Waals surface area contributed by atoms with Gasteiger partial charge in [-0.3, -0.25) is 14.0 Å². The lowest BCUT2D eigenvalue weighted by atomic mass is 10.1. The van der Waals surface area contributed by atoms with Gasteiger partial charge in [0, 0.05) is 36.0 Å². The number of benzene rings is 1. The average molecular weight is 302 g/mol. The van der Waals surface area contributed by atoms with E-state index in [0.717, 1.165) is 10.5 Å². The minimum absolute atomic E-state index is 0.0242. The Morgan fingerprint density at radius 2 is 1.95 bits per heavy atom. The minimum Gasteiger partial charge on any atom is -0.355 e. The van der Waals surface area contributed by atoms with Crippen LogP contribution in [0.5, 0.6) is 0 Å². The smallest absolute Gasteiger partial charge is 0.220 e. The molecule has 110 valence electrons. The van der Waals surface area contributed by atoms with Crippen LogP contribution in [0.1, 0.15) is 12.0 Å².